The zero-order valence-electron chi connectivity index (χ0n) is 8.96. The van der Waals surface area contributed by atoms with Gasteiger partial charge in [-0.25, -0.2) is 0 Å². The maximum atomic E-state index is 4.10. The van der Waals surface area contributed by atoms with Crippen molar-refractivity contribution in [3.8, 4) is 0 Å². The lowest BCUT2D eigenvalue weighted by Crippen LogP contribution is -2.31. The third kappa shape index (κ3) is 3.30. The molecule has 1 aromatic heterocycles. The number of nitrogens with zero attached hydrogens (tertiary/aromatic N) is 1. The molecular formula is C12H18N2. The number of nitrogens with one attached hydrogen (secondary N) is 1. The molecule has 0 bridgehead atoms. The van der Waals surface area contributed by atoms with Crippen LogP contribution in [-0.2, 0) is 6.42 Å². The van der Waals surface area contributed by atoms with E-state index >= 15 is 0 Å². The first-order valence-corrected chi connectivity index (χ1v) is 5.01. The molecular weight excluding hydrogens is 172 g/mol. The molecule has 0 amide bonds. The van der Waals surface area contributed by atoms with Gasteiger partial charge in [0.15, 0.2) is 0 Å². The molecule has 1 aromatic rings. The lowest BCUT2D eigenvalue weighted by atomic mass is 10.0. The Labute approximate surface area is 86.1 Å². The van der Waals surface area contributed by atoms with E-state index in [0.29, 0.717) is 6.04 Å². The van der Waals surface area contributed by atoms with Crippen molar-refractivity contribution in [3.05, 3.63) is 42.2 Å². The van der Waals surface area contributed by atoms with E-state index in [0.717, 1.165) is 13.0 Å². The lowest BCUT2D eigenvalue weighted by molar-refractivity contribution is 0.587. The van der Waals surface area contributed by atoms with E-state index < -0.39 is 0 Å². The summed E-state index contributed by atoms with van der Waals surface area (Å²) in [5.41, 5.74) is 2.43. The smallest absolute Gasteiger partial charge is 0.0315 e. The van der Waals surface area contributed by atoms with Crippen LogP contribution in [0.5, 0.6) is 0 Å². The van der Waals surface area contributed by atoms with Crippen LogP contribution < -0.4 is 5.32 Å². The summed E-state index contributed by atoms with van der Waals surface area (Å²) in [5.74, 6) is 0. The highest BCUT2D eigenvalue weighted by Gasteiger charge is 2.08. The van der Waals surface area contributed by atoms with Gasteiger partial charge in [-0.15, -0.1) is 0 Å². The van der Waals surface area contributed by atoms with Crippen molar-refractivity contribution < 1.29 is 0 Å². The molecule has 0 aliphatic heterocycles. The molecule has 0 saturated carbocycles. The number of rotatable bonds is 5. The summed E-state index contributed by atoms with van der Waals surface area (Å²) in [6.07, 6.45) is 4.68. The Hall–Kier alpha value is -1.15. The molecule has 2 nitrogen and oxygen atoms in total. The second-order valence-electron chi connectivity index (χ2n) is 3.52. The van der Waals surface area contributed by atoms with Crippen molar-refractivity contribution in [1.82, 2.24) is 10.3 Å². The van der Waals surface area contributed by atoms with E-state index in [9.17, 15) is 0 Å². The molecule has 0 saturated heterocycles. The van der Waals surface area contributed by atoms with Gasteiger partial charge in [-0.2, -0.15) is 0 Å². The number of hydrogen-bond acceptors (Lipinski definition) is 2. The summed E-state index contributed by atoms with van der Waals surface area (Å²) >= 11 is 0. The summed E-state index contributed by atoms with van der Waals surface area (Å²) < 4.78 is 0. The first-order chi connectivity index (χ1) is 6.74. The summed E-state index contributed by atoms with van der Waals surface area (Å²) in [6, 6.07) is 4.43. The van der Waals surface area contributed by atoms with Gasteiger partial charge in [0.1, 0.15) is 0 Å². The van der Waals surface area contributed by atoms with Crippen LogP contribution in [0.2, 0.25) is 0 Å². The van der Waals surface area contributed by atoms with Gasteiger partial charge in [0, 0.05) is 18.4 Å². The van der Waals surface area contributed by atoms with Gasteiger partial charge in [0.2, 0.25) is 0 Å². The van der Waals surface area contributed by atoms with Crippen molar-refractivity contribution in [2.75, 3.05) is 6.54 Å². The summed E-state index contributed by atoms with van der Waals surface area (Å²) in [4.78, 5) is 4.10. The molecule has 1 N–H and O–H groups in total. The zero-order valence-corrected chi connectivity index (χ0v) is 8.96. The Bertz CT molecular complexity index is 280. The molecule has 0 spiro atoms. The predicted molar refractivity (Wildman–Crippen MR) is 60.2 cm³/mol. The van der Waals surface area contributed by atoms with Crippen LogP contribution in [0.15, 0.2) is 36.7 Å². The van der Waals surface area contributed by atoms with Gasteiger partial charge >= 0.3 is 0 Å². The average molecular weight is 190 g/mol. The number of hydrogen-bond donors (Lipinski definition) is 1. The summed E-state index contributed by atoms with van der Waals surface area (Å²) in [7, 11) is 0. The molecule has 76 valence electrons. The Kier molecular flexibility index (Phi) is 4.33. The molecule has 1 atom stereocenters. The Morgan fingerprint density at radius 2 is 2.43 bits per heavy atom. The second kappa shape index (κ2) is 5.55. The Morgan fingerprint density at radius 1 is 1.64 bits per heavy atom. The summed E-state index contributed by atoms with van der Waals surface area (Å²) in [5, 5.41) is 3.40. The first-order valence-electron chi connectivity index (χ1n) is 5.01. The topological polar surface area (TPSA) is 24.9 Å². The first kappa shape index (κ1) is 10.9. The van der Waals surface area contributed by atoms with E-state index in [4.69, 9.17) is 0 Å². The summed E-state index contributed by atoms with van der Waals surface area (Å²) in [6.45, 7) is 9.13. The minimum Gasteiger partial charge on any atom is -0.310 e. The van der Waals surface area contributed by atoms with Gasteiger partial charge in [-0.3, -0.25) is 4.98 Å². The molecule has 0 fully saturated rings. The third-order valence-corrected chi connectivity index (χ3v) is 2.21. The van der Waals surface area contributed by atoms with Crippen molar-refractivity contribution in [1.29, 1.82) is 0 Å². The molecule has 2 heteroatoms. The van der Waals surface area contributed by atoms with E-state index in [1.807, 2.05) is 12.3 Å². The molecule has 1 rings (SSSR count). The third-order valence-electron chi connectivity index (χ3n) is 2.21. The fraction of sp³-hybridized carbons (Fsp3) is 0.417. The lowest BCUT2D eigenvalue weighted by Gasteiger charge is -2.17. The largest absolute Gasteiger partial charge is 0.310 e. The van der Waals surface area contributed by atoms with Crippen LogP contribution in [0.4, 0.5) is 0 Å². The predicted octanol–water partition coefficient (Wildman–Crippen LogP) is 2.18. The average Bonchev–Trinajstić information content (AvgIpc) is 2.18. The highest BCUT2D eigenvalue weighted by Crippen LogP contribution is 2.07. The molecule has 1 unspecified atom stereocenters. The molecule has 0 aliphatic carbocycles. The van der Waals surface area contributed by atoms with Gasteiger partial charge in [-0.1, -0.05) is 25.1 Å². The maximum Gasteiger partial charge on any atom is 0.0315 e. The normalized spacial score (nSPS) is 12.4. The highest BCUT2D eigenvalue weighted by molar-refractivity contribution is 5.15. The van der Waals surface area contributed by atoms with Crippen molar-refractivity contribution >= 4 is 0 Å². The van der Waals surface area contributed by atoms with Gasteiger partial charge < -0.3 is 5.32 Å². The Balaban J connectivity index is 2.60. The fourth-order valence-corrected chi connectivity index (χ4v) is 1.42. The van der Waals surface area contributed by atoms with Crippen LogP contribution >= 0.6 is 0 Å². The molecule has 0 aromatic carbocycles. The van der Waals surface area contributed by atoms with Crippen LogP contribution in [0.3, 0.4) is 0 Å². The maximum absolute atomic E-state index is 4.10. The molecule has 1 heterocycles. The van der Waals surface area contributed by atoms with Gasteiger partial charge in [-0.05, 0) is 31.5 Å². The van der Waals surface area contributed by atoms with Crippen LogP contribution in [0.1, 0.15) is 19.4 Å². The van der Waals surface area contributed by atoms with E-state index in [-0.39, 0.29) is 0 Å². The standard InChI is InChI=1S/C12H18N2/c1-4-14-12(10(2)3)8-11-6-5-7-13-9-11/h5-7,9,12,14H,2,4,8H2,1,3H3. The van der Waals surface area contributed by atoms with Crippen molar-refractivity contribution in [2.45, 2.75) is 26.3 Å². The minimum atomic E-state index is 0.365. The number of pyridine rings is 1. The monoisotopic (exact) mass is 190 g/mol. The molecule has 0 aliphatic rings. The number of likely N-dealkylation sites (N-methyl/N-ethyl adjacent to an activating group) is 1. The fourth-order valence-electron chi connectivity index (χ4n) is 1.42. The van der Waals surface area contributed by atoms with Gasteiger partial charge in [0.25, 0.3) is 0 Å². The van der Waals surface area contributed by atoms with Gasteiger partial charge in [0.05, 0.1) is 0 Å². The highest BCUT2D eigenvalue weighted by atomic mass is 14.9. The van der Waals surface area contributed by atoms with Crippen molar-refractivity contribution in [3.63, 3.8) is 0 Å². The SMILES string of the molecule is C=C(C)C(Cc1cccnc1)NCC. The van der Waals surface area contributed by atoms with E-state index in [2.05, 4.69) is 36.8 Å². The zero-order chi connectivity index (χ0) is 10.4. The molecule has 0 radical (unpaired) electrons. The minimum absolute atomic E-state index is 0.365. The quantitative estimate of drug-likeness (QED) is 0.720. The molecule has 14 heavy (non-hydrogen) atoms. The van der Waals surface area contributed by atoms with E-state index in [1.165, 1.54) is 11.1 Å². The van der Waals surface area contributed by atoms with E-state index in [1.54, 1.807) is 6.20 Å². The van der Waals surface area contributed by atoms with Crippen LogP contribution in [0.25, 0.3) is 0 Å². The number of aromatic nitrogens is 1. The van der Waals surface area contributed by atoms with Crippen LogP contribution in [-0.4, -0.2) is 17.6 Å². The second-order valence-corrected chi connectivity index (χ2v) is 3.52. The van der Waals surface area contributed by atoms with Crippen molar-refractivity contribution in [2.24, 2.45) is 0 Å². The van der Waals surface area contributed by atoms with Crippen LogP contribution in [0, 0.1) is 0 Å². The Morgan fingerprint density at radius 3 is 2.93 bits per heavy atom.